The van der Waals surface area contributed by atoms with E-state index in [0.717, 1.165) is 11.6 Å². The van der Waals surface area contributed by atoms with E-state index in [1.165, 1.54) is 12.1 Å². The highest BCUT2D eigenvalue weighted by molar-refractivity contribution is 6.30. The summed E-state index contributed by atoms with van der Waals surface area (Å²) in [5.74, 6) is -0.810. The molecule has 5 heteroatoms. The van der Waals surface area contributed by atoms with Gasteiger partial charge >= 0.3 is 0 Å². The van der Waals surface area contributed by atoms with Crippen molar-refractivity contribution in [3.63, 3.8) is 0 Å². The molecule has 0 radical (unpaired) electrons. The Bertz CT molecular complexity index is 738. The fourth-order valence-electron chi connectivity index (χ4n) is 1.91. The molecular formula is C16H12ClFN2O. The van der Waals surface area contributed by atoms with Crippen molar-refractivity contribution in [1.82, 2.24) is 5.32 Å². The summed E-state index contributed by atoms with van der Waals surface area (Å²) < 4.78 is 13.7. The molecule has 0 aliphatic heterocycles. The number of halogens is 2. The molecule has 2 aromatic carbocycles. The molecule has 0 aliphatic rings. The predicted octanol–water partition coefficient (Wildman–Crippen LogP) is 3.59. The number of nitriles is 1. The molecule has 0 fully saturated rings. The Hall–Kier alpha value is -2.38. The maximum absolute atomic E-state index is 13.7. The van der Waals surface area contributed by atoms with Gasteiger partial charge in [-0.3, -0.25) is 4.79 Å². The van der Waals surface area contributed by atoms with Gasteiger partial charge in [0.05, 0.1) is 11.6 Å². The molecule has 2 aromatic rings. The van der Waals surface area contributed by atoms with Crippen molar-refractivity contribution in [3.8, 4) is 6.07 Å². The van der Waals surface area contributed by atoms with Gasteiger partial charge in [-0.1, -0.05) is 17.7 Å². The monoisotopic (exact) mass is 302 g/mol. The lowest BCUT2D eigenvalue weighted by Gasteiger charge is -2.09. The first kappa shape index (κ1) is 15.0. The standard InChI is InChI=1S/C16H12ClFN2O/c1-10-6-13(17)4-5-14(10)16(21)20-9-12-3-2-11(8-19)7-15(12)18/h2-7H,9H2,1H3,(H,20,21). The summed E-state index contributed by atoms with van der Waals surface area (Å²) >= 11 is 5.84. The van der Waals surface area contributed by atoms with Gasteiger partial charge in [0.2, 0.25) is 0 Å². The van der Waals surface area contributed by atoms with Crippen LogP contribution in [0, 0.1) is 24.1 Å². The van der Waals surface area contributed by atoms with Gasteiger partial charge in [-0.15, -0.1) is 0 Å². The number of aryl methyl sites for hydroxylation is 1. The Morgan fingerprint density at radius 3 is 2.71 bits per heavy atom. The lowest BCUT2D eigenvalue weighted by Crippen LogP contribution is -2.24. The second-order valence-electron chi connectivity index (χ2n) is 4.56. The molecule has 21 heavy (non-hydrogen) atoms. The van der Waals surface area contributed by atoms with Crippen molar-refractivity contribution in [2.24, 2.45) is 0 Å². The number of benzene rings is 2. The Balaban J connectivity index is 2.09. The van der Waals surface area contributed by atoms with E-state index in [4.69, 9.17) is 16.9 Å². The highest BCUT2D eigenvalue weighted by atomic mass is 35.5. The zero-order valence-electron chi connectivity index (χ0n) is 11.3. The van der Waals surface area contributed by atoms with Gasteiger partial charge in [0.1, 0.15) is 5.82 Å². The Labute approximate surface area is 127 Å². The van der Waals surface area contributed by atoms with Crippen molar-refractivity contribution in [2.75, 3.05) is 0 Å². The normalized spacial score (nSPS) is 10.0. The zero-order chi connectivity index (χ0) is 15.4. The van der Waals surface area contributed by atoms with Crippen molar-refractivity contribution < 1.29 is 9.18 Å². The van der Waals surface area contributed by atoms with Crippen molar-refractivity contribution in [3.05, 3.63) is 69.5 Å². The highest BCUT2D eigenvalue weighted by Gasteiger charge is 2.10. The summed E-state index contributed by atoms with van der Waals surface area (Å²) in [6.07, 6.45) is 0. The van der Waals surface area contributed by atoms with Crippen LogP contribution in [0.2, 0.25) is 5.02 Å². The maximum Gasteiger partial charge on any atom is 0.251 e. The molecule has 0 unspecified atom stereocenters. The number of amides is 1. The first-order valence-electron chi connectivity index (χ1n) is 6.24. The molecule has 0 saturated carbocycles. The molecule has 1 amide bonds. The third-order valence-corrected chi connectivity index (χ3v) is 3.29. The zero-order valence-corrected chi connectivity index (χ0v) is 12.0. The molecule has 0 saturated heterocycles. The minimum absolute atomic E-state index is 0.0540. The lowest BCUT2D eigenvalue weighted by atomic mass is 10.1. The summed E-state index contributed by atoms with van der Waals surface area (Å²) in [4.78, 5) is 12.1. The quantitative estimate of drug-likeness (QED) is 0.942. The second-order valence-corrected chi connectivity index (χ2v) is 5.00. The van der Waals surface area contributed by atoms with Gasteiger partial charge in [0, 0.05) is 22.7 Å². The van der Waals surface area contributed by atoms with Crippen LogP contribution in [0.1, 0.15) is 27.0 Å². The van der Waals surface area contributed by atoms with Crippen molar-refractivity contribution in [2.45, 2.75) is 13.5 Å². The minimum Gasteiger partial charge on any atom is -0.348 e. The Morgan fingerprint density at radius 1 is 1.33 bits per heavy atom. The molecule has 3 nitrogen and oxygen atoms in total. The summed E-state index contributed by atoms with van der Waals surface area (Å²) in [6, 6.07) is 11.0. The van der Waals surface area contributed by atoms with Crippen LogP contribution < -0.4 is 5.32 Å². The highest BCUT2D eigenvalue weighted by Crippen LogP contribution is 2.15. The second kappa shape index (κ2) is 6.38. The van der Waals surface area contributed by atoms with Crippen LogP contribution in [0.25, 0.3) is 0 Å². The minimum atomic E-state index is -0.512. The first-order valence-corrected chi connectivity index (χ1v) is 6.62. The molecule has 0 heterocycles. The summed E-state index contributed by atoms with van der Waals surface area (Å²) in [5.41, 5.74) is 1.82. The van der Waals surface area contributed by atoms with Crippen LogP contribution in [0.15, 0.2) is 36.4 Å². The van der Waals surface area contributed by atoms with Crippen LogP contribution in [-0.2, 0) is 6.54 Å². The number of nitrogens with zero attached hydrogens (tertiary/aromatic N) is 1. The largest absolute Gasteiger partial charge is 0.348 e. The van der Waals surface area contributed by atoms with E-state index in [1.807, 2.05) is 6.07 Å². The van der Waals surface area contributed by atoms with Crippen LogP contribution >= 0.6 is 11.6 Å². The number of hydrogen-bond donors (Lipinski definition) is 1. The fourth-order valence-corrected chi connectivity index (χ4v) is 2.14. The number of carbonyl (C=O) groups excluding carboxylic acids is 1. The smallest absolute Gasteiger partial charge is 0.251 e. The number of rotatable bonds is 3. The molecule has 0 atom stereocenters. The van der Waals surface area contributed by atoms with Gasteiger partial charge < -0.3 is 5.32 Å². The molecule has 2 rings (SSSR count). The number of carbonyl (C=O) groups is 1. The summed E-state index contributed by atoms with van der Waals surface area (Å²) in [6.45, 7) is 1.83. The van der Waals surface area contributed by atoms with Gasteiger partial charge in [-0.2, -0.15) is 5.26 Å². The topological polar surface area (TPSA) is 52.9 Å². The molecule has 106 valence electrons. The molecule has 0 spiro atoms. The molecule has 0 aliphatic carbocycles. The van der Waals surface area contributed by atoms with Crippen LogP contribution in [0.4, 0.5) is 4.39 Å². The van der Waals surface area contributed by atoms with Gasteiger partial charge in [0.15, 0.2) is 0 Å². The van der Waals surface area contributed by atoms with Crippen LogP contribution in [0.3, 0.4) is 0 Å². The van der Waals surface area contributed by atoms with Gasteiger partial charge in [-0.05, 0) is 42.8 Å². The van der Waals surface area contributed by atoms with E-state index in [-0.39, 0.29) is 18.0 Å². The van der Waals surface area contributed by atoms with E-state index >= 15 is 0 Å². The maximum atomic E-state index is 13.7. The predicted molar refractivity (Wildman–Crippen MR) is 78.5 cm³/mol. The average Bonchev–Trinajstić information content (AvgIpc) is 2.45. The van der Waals surface area contributed by atoms with Crippen molar-refractivity contribution in [1.29, 1.82) is 5.26 Å². The van der Waals surface area contributed by atoms with Gasteiger partial charge in [0.25, 0.3) is 5.91 Å². The van der Waals surface area contributed by atoms with E-state index in [9.17, 15) is 9.18 Å². The van der Waals surface area contributed by atoms with E-state index in [1.54, 1.807) is 25.1 Å². The number of hydrogen-bond acceptors (Lipinski definition) is 2. The first-order chi connectivity index (χ1) is 10.0. The SMILES string of the molecule is Cc1cc(Cl)ccc1C(=O)NCc1ccc(C#N)cc1F. The lowest BCUT2D eigenvalue weighted by molar-refractivity contribution is 0.0950. The van der Waals surface area contributed by atoms with E-state index in [2.05, 4.69) is 5.32 Å². The fraction of sp³-hybridized carbons (Fsp3) is 0.125. The average molecular weight is 303 g/mol. The van der Waals surface area contributed by atoms with Crippen LogP contribution in [0.5, 0.6) is 0 Å². The van der Waals surface area contributed by atoms with Crippen molar-refractivity contribution >= 4 is 17.5 Å². The molecule has 0 aromatic heterocycles. The number of nitrogens with one attached hydrogen (secondary N) is 1. The molecule has 0 bridgehead atoms. The Morgan fingerprint density at radius 2 is 2.10 bits per heavy atom. The van der Waals surface area contributed by atoms with Gasteiger partial charge in [-0.25, -0.2) is 4.39 Å². The summed E-state index contributed by atoms with van der Waals surface area (Å²) in [5, 5.41) is 11.9. The molecular weight excluding hydrogens is 291 g/mol. The third kappa shape index (κ3) is 3.59. The molecule has 1 N–H and O–H groups in total. The van der Waals surface area contributed by atoms with E-state index in [0.29, 0.717) is 16.1 Å². The third-order valence-electron chi connectivity index (χ3n) is 3.05. The van der Waals surface area contributed by atoms with E-state index < -0.39 is 5.82 Å². The summed E-state index contributed by atoms with van der Waals surface area (Å²) in [7, 11) is 0. The van der Waals surface area contributed by atoms with Crippen LogP contribution in [-0.4, -0.2) is 5.91 Å². The Kier molecular flexibility index (Phi) is 4.56.